The van der Waals surface area contributed by atoms with Gasteiger partial charge in [-0.3, -0.25) is 38.5 Å². The number of alkyl carbamates (subject to hydrolysis) is 1. The second-order valence-corrected chi connectivity index (χ2v) is 30.1. The van der Waals surface area contributed by atoms with Crippen molar-refractivity contribution in [3.8, 4) is 5.75 Å². The summed E-state index contributed by atoms with van der Waals surface area (Å²) in [5.74, 6) is -9.59. The molecular formula is C89H108N8O38. The standard InChI is InChI=1S/C17H26N2O6.C16H17NO5.C15H15NO5.C14H15NO8.C14H19NO7.C13H16N2O7/c20-15-4-3-14(18-15)13-25-17(22)6-5-16(21)24-10-2-1-7-19-8-11-23-12-9-19;18-14-7-6-13(17-14)11-22-16(20)9-8-15(19)21-10-12-4-2-1-3-5-12;17-13-7-6-11(16-13)10-20-14(18)8-9-15(19)21-12-4-2-1-3-5-12;1-8-10(23-14(19)22-8)7-21-13(18)5-4-12(17)20-6-9-2-3-11(16)15-9;1-9(2)14(19)22-8-21-13(18)6-5-12(17)20-7-10-3-4-11(16)15-10;16-10-2-1-8(14-10)5-20-11(17)3-4-12(18)21-6-9-7-22-13(19)15-9/h5-6,14H,1-4,7-13H2,(H,18,20);1-5,8-9,13H,6-7,10-11H2,(H,17,18);1-5,8-9,11H,6-7,10H2,(H,16,17);4-5,9H,2-3,6-7H2,1H3,(H,15,16);5-6,9-10H,3-4,7-8H2,1-2H3,(H,15,16);3-4,8-9H,1-2,5-7H2,(H,14,16)(H,15,19)/b6-5+;2*9-8+;5-4+;6-5+;4-3+. The first-order valence-electron chi connectivity index (χ1n) is 42.7. The molecule has 7 amide bonds. The minimum absolute atomic E-state index is 0.0335. The summed E-state index contributed by atoms with van der Waals surface area (Å²) in [6, 6.07) is 16.4. The number of esters is 13. The molecule has 732 valence electrons. The van der Waals surface area contributed by atoms with E-state index < -0.39 is 96.3 Å². The average Bonchev–Trinajstić information content (AvgIpc) is 1.75. The number of unbranched alkanes of at least 4 members (excludes halogenated alkanes) is 1. The molecule has 46 nitrogen and oxygen atoms in total. The SMILES string of the molecule is CC(C)C(=O)OCOC(=O)/C=C/C(=O)OCC1CCC(=O)N1.Cc1oc(=O)oc1COC(=O)/C=C/C(=O)OCC1CCC(=O)N1.O=C1CCC(COC(=O)/C=C/C(=O)OCC2COC(=O)N2)N1.O=C1CCC(COC(=O)/C=C/C(=O)OCCCCN2CCOCC2)N1.O=C1CCC(COC(=O)/C=C/C(=O)OCc2ccccc2)N1.O=C1CCC(COC(=O)/C=C/C(=O)Oc2ccccc2)N1. The molecule has 0 radical (unpaired) electrons. The summed E-state index contributed by atoms with van der Waals surface area (Å²) in [5, 5.41) is 18.4. The number of amides is 7. The molecule has 8 aliphatic rings. The first-order chi connectivity index (χ1) is 64.7. The summed E-state index contributed by atoms with van der Waals surface area (Å²) in [4.78, 5) is 238. The molecule has 0 spiro atoms. The second-order valence-electron chi connectivity index (χ2n) is 30.1. The van der Waals surface area contributed by atoms with Crippen LogP contribution in [0.5, 0.6) is 5.75 Å². The molecule has 11 rings (SSSR count). The van der Waals surface area contributed by atoms with E-state index in [1.54, 1.807) is 44.2 Å². The van der Waals surface area contributed by atoms with Crippen molar-refractivity contribution in [2.75, 3.05) is 99.1 Å². The van der Waals surface area contributed by atoms with E-state index in [-0.39, 0.29) is 161 Å². The van der Waals surface area contributed by atoms with E-state index in [4.69, 9.17) is 56.8 Å². The van der Waals surface area contributed by atoms with Gasteiger partial charge >= 0.3 is 89.5 Å². The highest BCUT2D eigenvalue weighted by molar-refractivity contribution is 5.96. The molecule has 8 saturated heterocycles. The van der Waals surface area contributed by atoms with E-state index in [1.165, 1.54) is 6.92 Å². The van der Waals surface area contributed by atoms with Crippen LogP contribution in [0.15, 0.2) is 147 Å². The maximum Gasteiger partial charge on any atom is 0.519 e. The highest BCUT2D eigenvalue weighted by atomic mass is 16.7. The number of carbonyl (C=O) groups is 20. The number of benzene rings is 2. The predicted molar refractivity (Wildman–Crippen MR) is 456 cm³/mol. The predicted octanol–water partition coefficient (Wildman–Crippen LogP) is 1.14. The summed E-state index contributed by atoms with van der Waals surface area (Å²) >= 11 is 0. The maximum atomic E-state index is 11.5. The van der Waals surface area contributed by atoms with Gasteiger partial charge in [0.15, 0.2) is 18.1 Å². The minimum atomic E-state index is -0.883. The smallest absolute Gasteiger partial charge is 0.463 e. The van der Waals surface area contributed by atoms with Gasteiger partial charge in [0, 0.05) is 125 Å². The zero-order chi connectivity index (χ0) is 98.1. The van der Waals surface area contributed by atoms with E-state index in [0.717, 1.165) is 124 Å². The average molecular weight is 1900 g/mol. The van der Waals surface area contributed by atoms with E-state index in [1.807, 2.05) is 30.3 Å². The van der Waals surface area contributed by atoms with Crippen LogP contribution in [0.4, 0.5) is 4.79 Å². The number of morpholine rings is 1. The van der Waals surface area contributed by atoms with Gasteiger partial charge in [0.05, 0.1) is 62.0 Å². The first-order valence-corrected chi connectivity index (χ1v) is 42.7. The topological polar surface area (TPSA) is 611 Å². The van der Waals surface area contributed by atoms with Crippen LogP contribution in [0, 0.1) is 12.8 Å². The molecular weight excluding hydrogens is 1790 g/mol. The van der Waals surface area contributed by atoms with Crippen LogP contribution in [0.25, 0.3) is 0 Å². The summed E-state index contributed by atoms with van der Waals surface area (Å²) in [5.41, 5.74) is 0.865. The minimum Gasteiger partial charge on any atom is -0.463 e. The van der Waals surface area contributed by atoms with Crippen molar-refractivity contribution in [2.24, 2.45) is 5.92 Å². The lowest BCUT2D eigenvalue weighted by Gasteiger charge is -2.26. The molecule has 2 aromatic carbocycles. The molecule has 0 bridgehead atoms. The maximum absolute atomic E-state index is 11.5. The largest absolute Gasteiger partial charge is 0.519 e. The Morgan fingerprint density at radius 2 is 0.696 bits per heavy atom. The van der Waals surface area contributed by atoms with E-state index in [9.17, 15) is 101 Å². The Labute approximate surface area is 772 Å². The highest BCUT2D eigenvalue weighted by Crippen LogP contribution is 2.16. The number of aryl methyl sites for hydroxylation is 1. The Kier molecular flexibility index (Phi) is 49.6. The van der Waals surface area contributed by atoms with Gasteiger partial charge in [-0.1, -0.05) is 62.4 Å². The van der Waals surface area contributed by atoms with Gasteiger partial charge < -0.3 is 117 Å². The molecule has 8 aliphatic heterocycles. The van der Waals surface area contributed by atoms with Crippen molar-refractivity contribution in [1.82, 2.24) is 42.1 Å². The van der Waals surface area contributed by atoms with Crippen molar-refractivity contribution >= 4 is 119 Å². The third kappa shape index (κ3) is 49.7. The molecule has 9 heterocycles. The molecule has 135 heavy (non-hydrogen) atoms. The monoisotopic (exact) mass is 1900 g/mol. The number of cyclic esters (lactones) is 1. The molecule has 7 atom stereocenters. The van der Waals surface area contributed by atoms with E-state index >= 15 is 0 Å². The van der Waals surface area contributed by atoms with Crippen molar-refractivity contribution < 1.29 is 176 Å². The van der Waals surface area contributed by atoms with Crippen molar-refractivity contribution in [2.45, 2.75) is 166 Å². The number of hydrogen-bond acceptors (Lipinski definition) is 39. The number of ether oxygens (including phenoxy) is 15. The number of para-hydroxylation sites is 1. The van der Waals surface area contributed by atoms with Crippen molar-refractivity contribution in [1.29, 1.82) is 0 Å². The Bertz CT molecular complexity index is 4730. The third-order valence-electron chi connectivity index (χ3n) is 18.8. The van der Waals surface area contributed by atoms with Gasteiger partial charge in [-0.15, -0.1) is 0 Å². The quantitative estimate of drug-likeness (QED) is 0.0105. The number of nitrogens with zero attached hydrogens (tertiary/aromatic N) is 1. The fraction of sp³-hybridized carbons (Fsp3) is 0.472. The van der Waals surface area contributed by atoms with Gasteiger partial charge in [-0.2, -0.15) is 0 Å². The van der Waals surface area contributed by atoms with Crippen LogP contribution >= 0.6 is 0 Å². The first kappa shape index (κ1) is 109. The third-order valence-corrected chi connectivity index (χ3v) is 18.8. The lowest BCUT2D eigenvalue weighted by atomic mass is 10.2. The molecule has 7 N–H and O–H groups in total. The van der Waals surface area contributed by atoms with Crippen LogP contribution in [0.3, 0.4) is 0 Å². The van der Waals surface area contributed by atoms with E-state index in [0.29, 0.717) is 89.4 Å². The summed E-state index contributed by atoms with van der Waals surface area (Å²) in [6.45, 7) is 9.47. The lowest BCUT2D eigenvalue weighted by Crippen LogP contribution is -2.36. The van der Waals surface area contributed by atoms with Gasteiger partial charge in [-0.05, 0) is 82.5 Å². The molecule has 1 aromatic heterocycles. The summed E-state index contributed by atoms with van der Waals surface area (Å²) in [6.07, 6.45) is 19.2. The number of nitrogens with one attached hydrogen (secondary N) is 7. The van der Waals surface area contributed by atoms with Crippen molar-refractivity contribution in [3.63, 3.8) is 0 Å². The molecule has 0 saturated carbocycles. The van der Waals surface area contributed by atoms with Gasteiger partial charge in [0.2, 0.25) is 42.2 Å². The van der Waals surface area contributed by atoms with Crippen LogP contribution in [0.1, 0.15) is 121 Å². The second kappa shape index (κ2) is 61.6. The summed E-state index contributed by atoms with van der Waals surface area (Å²) in [7, 11) is 0. The van der Waals surface area contributed by atoms with E-state index in [2.05, 4.69) is 65.2 Å². The van der Waals surface area contributed by atoms with Gasteiger partial charge in [0.1, 0.15) is 71.3 Å². The molecule has 0 aliphatic carbocycles. The van der Waals surface area contributed by atoms with Crippen LogP contribution in [-0.4, -0.2) is 265 Å². The fourth-order valence-corrected chi connectivity index (χ4v) is 11.7. The van der Waals surface area contributed by atoms with Gasteiger partial charge in [0.25, 0.3) is 0 Å². The lowest BCUT2D eigenvalue weighted by molar-refractivity contribution is -0.167. The zero-order valence-electron chi connectivity index (χ0n) is 74.2. The Morgan fingerprint density at radius 3 is 1.02 bits per heavy atom. The molecule has 3 aromatic rings. The Hall–Kier alpha value is -15.0. The number of rotatable bonds is 39. The Balaban J connectivity index is 0.000000249. The number of carbonyl (C=O) groups excluding carboxylic acids is 20. The van der Waals surface area contributed by atoms with Crippen LogP contribution in [-0.2, 0) is 171 Å². The molecule has 46 heteroatoms. The van der Waals surface area contributed by atoms with Crippen LogP contribution < -0.4 is 47.8 Å². The number of hydrogen-bond donors (Lipinski definition) is 7. The van der Waals surface area contributed by atoms with Crippen molar-refractivity contribution in [3.05, 3.63) is 161 Å². The summed E-state index contributed by atoms with van der Waals surface area (Å²) < 4.78 is 82.4. The Morgan fingerprint density at radius 1 is 0.370 bits per heavy atom. The zero-order valence-corrected chi connectivity index (χ0v) is 74.2. The normalized spacial score (nSPS) is 19.1. The highest BCUT2D eigenvalue weighted by Gasteiger charge is 2.29. The van der Waals surface area contributed by atoms with Gasteiger partial charge in [-0.25, -0.2) is 67.1 Å². The fourth-order valence-electron chi connectivity index (χ4n) is 11.7. The van der Waals surface area contributed by atoms with Crippen LogP contribution in [0.2, 0.25) is 0 Å². The molecule has 7 unspecified atom stereocenters. The molecule has 8 fully saturated rings.